The van der Waals surface area contributed by atoms with E-state index in [9.17, 15) is 4.89 Å². The Bertz CT molecular complexity index is 411. The van der Waals surface area contributed by atoms with Crippen LogP contribution in [-0.2, 0) is 22.6 Å². The second kappa shape index (κ2) is 18.0. The van der Waals surface area contributed by atoms with Crippen LogP contribution in [-0.4, -0.2) is 37.9 Å². The highest BCUT2D eigenvalue weighted by Gasteiger charge is 2.43. The first-order valence-corrected chi connectivity index (χ1v) is 14.9. The monoisotopic (exact) mass is 480 g/mol. The maximum atomic E-state index is 9.31. The van der Waals surface area contributed by atoms with E-state index in [4.69, 9.17) is 22.6 Å². The van der Waals surface area contributed by atoms with E-state index in [1.807, 2.05) is 0 Å². The SMILES string of the molecule is CCCCCCCCCCCCCCCCCCOP1OCC2(COP(O)OC2)CO1. The van der Waals surface area contributed by atoms with Gasteiger partial charge in [-0.1, -0.05) is 103 Å². The molecule has 184 valence electrons. The largest absolute Gasteiger partial charge is 0.332 e. The smallest absolute Gasteiger partial charge is 0.328 e. The number of hydrogen-bond donors (Lipinski definition) is 1. The lowest BCUT2D eigenvalue weighted by Crippen LogP contribution is -2.44. The van der Waals surface area contributed by atoms with Crippen molar-refractivity contribution in [1.82, 2.24) is 0 Å². The fraction of sp³-hybridized carbons (Fsp3) is 1.00. The van der Waals surface area contributed by atoms with Crippen molar-refractivity contribution in [1.29, 1.82) is 0 Å². The molecule has 2 fully saturated rings. The average molecular weight is 481 g/mol. The van der Waals surface area contributed by atoms with Gasteiger partial charge in [0, 0.05) is 0 Å². The fourth-order valence-corrected chi connectivity index (χ4v) is 6.06. The second-order valence-corrected chi connectivity index (χ2v) is 11.4. The fourth-order valence-electron chi connectivity index (χ4n) is 3.95. The van der Waals surface area contributed by atoms with Gasteiger partial charge in [0.05, 0.1) is 38.4 Å². The zero-order valence-electron chi connectivity index (χ0n) is 19.7. The molecule has 0 aliphatic carbocycles. The van der Waals surface area contributed by atoms with E-state index in [0.29, 0.717) is 33.0 Å². The molecule has 0 aromatic heterocycles. The van der Waals surface area contributed by atoms with Crippen LogP contribution in [0.5, 0.6) is 0 Å². The van der Waals surface area contributed by atoms with Gasteiger partial charge in [0.15, 0.2) is 0 Å². The quantitative estimate of drug-likeness (QED) is 0.160. The van der Waals surface area contributed by atoms with E-state index >= 15 is 0 Å². The Morgan fingerprint density at radius 1 is 0.613 bits per heavy atom. The van der Waals surface area contributed by atoms with Crippen LogP contribution in [0.25, 0.3) is 0 Å². The average Bonchev–Trinajstić information content (AvgIpc) is 2.79. The summed E-state index contributed by atoms with van der Waals surface area (Å²) in [5, 5.41) is 0. The van der Waals surface area contributed by atoms with E-state index in [2.05, 4.69) is 6.92 Å². The third-order valence-electron chi connectivity index (χ3n) is 6.11. The van der Waals surface area contributed by atoms with Crippen LogP contribution in [0, 0.1) is 5.41 Å². The van der Waals surface area contributed by atoms with Gasteiger partial charge in [-0.05, 0) is 6.42 Å². The molecule has 31 heavy (non-hydrogen) atoms. The number of hydrogen-bond acceptors (Lipinski definition) is 6. The third kappa shape index (κ3) is 13.2. The first kappa shape index (κ1) is 27.9. The van der Waals surface area contributed by atoms with Crippen molar-refractivity contribution >= 4 is 17.2 Å². The van der Waals surface area contributed by atoms with Gasteiger partial charge in [-0.25, -0.2) is 0 Å². The molecule has 0 atom stereocenters. The van der Waals surface area contributed by atoms with Crippen LogP contribution in [0.4, 0.5) is 0 Å². The second-order valence-electron chi connectivity index (χ2n) is 9.19. The van der Waals surface area contributed by atoms with Gasteiger partial charge < -0.3 is 27.5 Å². The number of rotatable bonds is 18. The molecule has 0 saturated carbocycles. The molecule has 6 nitrogen and oxygen atoms in total. The Kier molecular flexibility index (Phi) is 16.2. The lowest BCUT2D eigenvalue weighted by molar-refractivity contribution is -0.0728. The van der Waals surface area contributed by atoms with Crippen LogP contribution in [0.2, 0.25) is 0 Å². The highest BCUT2D eigenvalue weighted by atomic mass is 31.2. The Balaban J connectivity index is 1.28. The van der Waals surface area contributed by atoms with Gasteiger partial charge in [0.2, 0.25) is 0 Å². The summed E-state index contributed by atoms with van der Waals surface area (Å²) in [7, 11) is -2.96. The van der Waals surface area contributed by atoms with E-state index in [1.165, 1.54) is 96.3 Å². The molecule has 0 amide bonds. The summed E-state index contributed by atoms with van der Waals surface area (Å²) < 4.78 is 27.6. The van der Waals surface area contributed by atoms with Gasteiger partial charge >= 0.3 is 17.2 Å². The predicted octanol–water partition coefficient (Wildman–Crippen LogP) is 7.79. The molecule has 2 rings (SSSR count). The highest BCUT2D eigenvalue weighted by molar-refractivity contribution is 7.41. The maximum absolute atomic E-state index is 9.31. The predicted molar refractivity (Wildman–Crippen MR) is 128 cm³/mol. The van der Waals surface area contributed by atoms with Crippen molar-refractivity contribution in [3.8, 4) is 0 Å². The molecule has 1 N–H and O–H groups in total. The Labute approximate surface area is 193 Å². The first-order chi connectivity index (χ1) is 15.2. The minimum Gasteiger partial charge on any atom is -0.328 e. The molecule has 0 radical (unpaired) electrons. The maximum Gasteiger partial charge on any atom is 0.332 e. The minimum atomic E-state index is -1.72. The van der Waals surface area contributed by atoms with Gasteiger partial charge in [-0.3, -0.25) is 0 Å². The Morgan fingerprint density at radius 2 is 1.00 bits per heavy atom. The first-order valence-electron chi connectivity index (χ1n) is 12.7. The Hall–Kier alpha value is 0.620. The molecular formula is C23H46O6P2. The molecular weight excluding hydrogens is 434 g/mol. The van der Waals surface area contributed by atoms with E-state index in [0.717, 1.165) is 6.42 Å². The molecule has 2 saturated heterocycles. The van der Waals surface area contributed by atoms with E-state index in [-0.39, 0.29) is 5.41 Å². The highest BCUT2D eigenvalue weighted by Crippen LogP contribution is 2.51. The Morgan fingerprint density at radius 3 is 1.45 bits per heavy atom. The van der Waals surface area contributed by atoms with Crippen molar-refractivity contribution in [3.63, 3.8) is 0 Å². The minimum absolute atomic E-state index is 0.294. The lowest BCUT2D eigenvalue weighted by atomic mass is 9.93. The molecule has 8 heteroatoms. The summed E-state index contributed by atoms with van der Waals surface area (Å²) in [6.45, 7) is 4.81. The van der Waals surface area contributed by atoms with Gasteiger partial charge in [0.1, 0.15) is 0 Å². The van der Waals surface area contributed by atoms with Crippen LogP contribution in [0.15, 0.2) is 0 Å². The van der Waals surface area contributed by atoms with Crippen molar-refractivity contribution in [2.45, 2.75) is 110 Å². The standard InChI is InChI=1S/C23H46O6P2/c1-2-3-4-5-6-7-8-9-10-11-12-13-14-15-16-17-18-25-31-28-21-23(22-29-31)19-26-30(24)27-20-23/h24H,2-22H2,1H3. The topological polar surface area (TPSA) is 66.4 Å². The van der Waals surface area contributed by atoms with Crippen molar-refractivity contribution in [2.24, 2.45) is 5.41 Å². The van der Waals surface area contributed by atoms with Crippen LogP contribution < -0.4 is 0 Å². The molecule has 2 heterocycles. The summed E-state index contributed by atoms with van der Waals surface area (Å²) in [6.07, 6.45) is 21.9. The van der Waals surface area contributed by atoms with Crippen molar-refractivity contribution in [2.75, 3.05) is 33.0 Å². The third-order valence-corrected chi connectivity index (χ3v) is 7.88. The molecule has 0 aromatic carbocycles. The van der Waals surface area contributed by atoms with Crippen LogP contribution in [0.3, 0.4) is 0 Å². The summed E-state index contributed by atoms with van der Waals surface area (Å²) in [4.78, 5) is 9.31. The van der Waals surface area contributed by atoms with Crippen LogP contribution in [0.1, 0.15) is 110 Å². The van der Waals surface area contributed by atoms with E-state index in [1.54, 1.807) is 0 Å². The summed E-state index contributed by atoms with van der Waals surface area (Å²) in [5.74, 6) is 0. The van der Waals surface area contributed by atoms with Crippen molar-refractivity contribution in [3.05, 3.63) is 0 Å². The summed E-state index contributed by atoms with van der Waals surface area (Å²) in [6, 6.07) is 0. The molecule has 0 bridgehead atoms. The van der Waals surface area contributed by atoms with Gasteiger partial charge in [-0.2, -0.15) is 0 Å². The molecule has 2 aliphatic rings. The normalized spacial score (nSPS) is 26.5. The summed E-state index contributed by atoms with van der Waals surface area (Å²) in [5.41, 5.74) is -0.294. The zero-order valence-corrected chi connectivity index (χ0v) is 21.5. The van der Waals surface area contributed by atoms with Crippen LogP contribution >= 0.6 is 17.2 Å². The zero-order chi connectivity index (χ0) is 22.0. The van der Waals surface area contributed by atoms with Gasteiger partial charge in [-0.15, -0.1) is 0 Å². The lowest BCUT2D eigenvalue weighted by Gasteiger charge is -2.40. The number of unbranched alkanes of at least 4 members (excludes halogenated alkanes) is 15. The molecule has 1 spiro atoms. The van der Waals surface area contributed by atoms with E-state index < -0.39 is 17.2 Å². The van der Waals surface area contributed by atoms with Crippen molar-refractivity contribution < 1.29 is 27.5 Å². The summed E-state index contributed by atoms with van der Waals surface area (Å²) >= 11 is 0. The molecule has 0 aromatic rings. The molecule has 0 unspecified atom stereocenters. The van der Waals surface area contributed by atoms with Gasteiger partial charge in [0.25, 0.3) is 0 Å². The molecule has 2 aliphatic heterocycles.